The molecule has 6 nitrogen and oxygen atoms in total. The predicted octanol–water partition coefficient (Wildman–Crippen LogP) is 2.34. The molecule has 0 saturated heterocycles. The minimum atomic E-state index is -0.980. The standard InChI is InChI=1S/C13H17N3O3/c1-5-6-9-14-15-12(19-9)10-7(2)16(4)8(3)11(10)13(17)18/h5-6H2,1-4H3,(H,17,18). The van der Waals surface area contributed by atoms with Crippen LogP contribution >= 0.6 is 0 Å². The van der Waals surface area contributed by atoms with Gasteiger partial charge in [-0.05, 0) is 20.3 Å². The Balaban J connectivity index is 2.60. The highest BCUT2D eigenvalue weighted by Crippen LogP contribution is 2.31. The van der Waals surface area contributed by atoms with Gasteiger partial charge in [0, 0.05) is 24.9 Å². The van der Waals surface area contributed by atoms with E-state index in [4.69, 9.17) is 4.42 Å². The minimum Gasteiger partial charge on any atom is -0.478 e. The van der Waals surface area contributed by atoms with Crippen LogP contribution in [0.4, 0.5) is 0 Å². The summed E-state index contributed by atoms with van der Waals surface area (Å²) in [6.07, 6.45) is 1.60. The predicted molar refractivity (Wildman–Crippen MR) is 69.1 cm³/mol. The van der Waals surface area contributed by atoms with E-state index in [2.05, 4.69) is 10.2 Å². The second-order valence-electron chi connectivity index (χ2n) is 4.54. The number of carbonyl (C=O) groups is 1. The fraction of sp³-hybridized carbons (Fsp3) is 0.462. The van der Waals surface area contributed by atoms with Crippen molar-refractivity contribution in [1.82, 2.24) is 14.8 Å². The highest BCUT2D eigenvalue weighted by atomic mass is 16.4. The third kappa shape index (κ3) is 2.14. The number of carboxylic acid groups (broad SMARTS) is 1. The summed E-state index contributed by atoms with van der Waals surface area (Å²) in [5.74, 6) is -0.164. The van der Waals surface area contributed by atoms with Gasteiger partial charge < -0.3 is 14.1 Å². The first-order chi connectivity index (χ1) is 8.97. The largest absolute Gasteiger partial charge is 0.478 e. The Bertz CT molecular complexity index is 625. The van der Waals surface area contributed by atoms with Crippen LogP contribution in [0.15, 0.2) is 4.42 Å². The van der Waals surface area contributed by atoms with Crippen LogP contribution in [0.3, 0.4) is 0 Å². The van der Waals surface area contributed by atoms with E-state index in [0.29, 0.717) is 23.6 Å². The van der Waals surface area contributed by atoms with Crippen LogP contribution in [-0.2, 0) is 13.5 Å². The number of nitrogens with zero attached hydrogens (tertiary/aromatic N) is 3. The lowest BCUT2D eigenvalue weighted by atomic mass is 10.1. The molecule has 2 aromatic heterocycles. The molecule has 0 bridgehead atoms. The third-order valence-corrected chi connectivity index (χ3v) is 3.34. The minimum absolute atomic E-state index is 0.228. The Morgan fingerprint density at radius 1 is 1.32 bits per heavy atom. The van der Waals surface area contributed by atoms with Gasteiger partial charge in [0.05, 0.1) is 11.1 Å². The number of rotatable bonds is 4. The number of aromatic carboxylic acids is 1. The van der Waals surface area contributed by atoms with Crippen LogP contribution in [0.5, 0.6) is 0 Å². The Morgan fingerprint density at radius 3 is 2.58 bits per heavy atom. The molecular weight excluding hydrogens is 246 g/mol. The smallest absolute Gasteiger partial charge is 0.338 e. The Kier molecular flexibility index (Phi) is 3.42. The zero-order valence-corrected chi connectivity index (χ0v) is 11.5. The molecule has 0 spiro atoms. The van der Waals surface area contributed by atoms with E-state index in [0.717, 1.165) is 12.1 Å². The lowest BCUT2D eigenvalue weighted by molar-refractivity contribution is 0.0696. The van der Waals surface area contributed by atoms with Gasteiger partial charge in [0.1, 0.15) is 0 Å². The van der Waals surface area contributed by atoms with Crippen LogP contribution < -0.4 is 0 Å². The lowest BCUT2D eigenvalue weighted by Gasteiger charge is -1.98. The monoisotopic (exact) mass is 263 g/mol. The average molecular weight is 263 g/mol. The lowest BCUT2D eigenvalue weighted by Crippen LogP contribution is -2.00. The Labute approximate surface area is 111 Å². The van der Waals surface area contributed by atoms with Crippen molar-refractivity contribution >= 4 is 5.97 Å². The van der Waals surface area contributed by atoms with Gasteiger partial charge in [-0.2, -0.15) is 0 Å². The maximum absolute atomic E-state index is 11.4. The van der Waals surface area contributed by atoms with E-state index in [1.165, 1.54) is 0 Å². The quantitative estimate of drug-likeness (QED) is 0.915. The topological polar surface area (TPSA) is 81.1 Å². The second-order valence-corrected chi connectivity index (χ2v) is 4.54. The molecule has 1 N–H and O–H groups in total. The van der Waals surface area contributed by atoms with Crippen LogP contribution in [0.25, 0.3) is 11.5 Å². The fourth-order valence-electron chi connectivity index (χ4n) is 2.14. The number of aryl methyl sites for hydroxylation is 1. The first-order valence-corrected chi connectivity index (χ1v) is 6.19. The normalized spacial score (nSPS) is 10.9. The highest BCUT2D eigenvalue weighted by molar-refractivity contribution is 5.97. The van der Waals surface area contributed by atoms with E-state index in [1.54, 1.807) is 6.92 Å². The molecule has 0 aromatic carbocycles. The summed E-state index contributed by atoms with van der Waals surface area (Å²) in [5, 5.41) is 17.3. The maximum atomic E-state index is 11.4. The molecule has 0 radical (unpaired) electrons. The van der Waals surface area contributed by atoms with E-state index < -0.39 is 5.97 Å². The van der Waals surface area contributed by atoms with Gasteiger partial charge in [-0.1, -0.05) is 6.92 Å². The second kappa shape index (κ2) is 4.87. The number of hydrogen-bond acceptors (Lipinski definition) is 4. The van der Waals surface area contributed by atoms with Gasteiger partial charge in [-0.3, -0.25) is 0 Å². The van der Waals surface area contributed by atoms with Crippen molar-refractivity contribution in [2.45, 2.75) is 33.6 Å². The average Bonchev–Trinajstić information content (AvgIpc) is 2.88. The van der Waals surface area contributed by atoms with Gasteiger partial charge in [0.15, 0.2) is 0 Å². The molecule has 19 heavy (non-hydrogen) atoms. The van der Waals surface area contributed by atoms with Crippen LogP contribution in [-0.4, -0.2) is 25.8 Å². The number of carboxylic acids is 1. The molecule has 0 fully saturated rings. The van der Waals surface area contributed by atoms with Crippen molar-refractivity contribution in [1.29, 1.82) is 0 Å². The highest BCUT2D eigenvalue weighted by Gasteiger charge is 2.25. The molecular formula is C13H17N3O3. The maximum Gasteiger partial charge on any atom is 0.338 e. The molecule has 0 aliphatic heterocycles. The van der Waals surface area contributed by atoms with Crippen LogP contribution in [0.1, 0.15) is 41.0 Å². The van der Waals surface area contributed by atoms with Gasteiger partial charge >= 0.3 is 5.97 Å². The van der Waals surface area contributed by atoms with Crippen molar-refractivity contribution in [3.63, 3.8) is 0 Å². The van der Waals surface area contributed by atoms with Gasteiger partial charge in [-0.15, -0.1) is 10.2 Å². The summed E-state index contributed by atoms with van der Waals surface area (Å²) < 4.78 is 7.37. The summed E-state index contributed by atoms with van der Waals surface area (Å²) in [7, 11) is 1.82. The molecule has 0 amide bonds. The third-order valence-electron chi connectivity index (χ3n) is 3.34. The molecule has 2 heterocycles. The molecule has 2 aromatic rings. The van der Waals surface area contributed by atoms with E-state index >= 15 is 0 Å². The van der Waals surface area contributed by atoms with Crippen molar-refractivity contribution in [2.24, 2.45) is 7.05 Å². The summed E-state index contributed by atoms with van der Waals surface area (Å²) in [5.41, 5.74) is 2.23. The number of hydrogen-bond donors (Lipinski definition) is 1. The van der Waals surface area contributed by atoms with Crippen molar-refractivity contribution in [2.75, 3.05) is 0 Å². The van der Waals surface area contributed by atoms with Gasteiger partial charge in [-0.25, -0.2) is 4.79 Å². The molecule has 0 aliphatic rings. The van der Waals surface area contributed by atoms with Gasteiger partial charge in [0.2, 0.25) is 11.8 Å². The number of aromatic nitrogens is 3. The Hall–Kier alpha value is -2.11. The van der Waals surface area contributed by atoms with E-state index in [-0.39, 0.29) is 11.5 Å². The molecule has 2 rings (SSSR count). The summed E-state index contributed by atoms with van der Waals surface area (Å²) in [6, 6.07) is 0. The molecule has 102 valence electrons. The van der Waals surface area contributed by atoms with Crippen molar-refractivity contribution < 1.29 is 14.3 Å². The first kappa shape index (κ1) is 13.3. The van der Waals surface area contributed by atoms with Crippen LogP contribution in [0.2, 0.25) is 0 Å². The summed E-state index contributed by atoms with van der Waals surface area (Å²) in [4.78, 5) is 11.4. The van der Waals surface area contributed by atoms with Crippen LogP contribution in [0, 0.1) is 13.8 Å². The first-order valence-electron chi connectivity index (χ1n) is 6.19. The zero-order chi connectivity index (χ0) is 14.2. The van der Waals surface area contributed by atoms with Crippen molar-refractivity contribution in [3.05, 3.63) is 22.8 Å². The molecule has 0 unspecified atom stereocenters. The molecule has 0 atom stereocenters. The molecule has 0 aliphatic carbocycles. The van der Waals surface area contributed by atoms with Gasteiger partial charge in [0.25, 0.3) is 0 Å². The summed E-state index contributed by atoms with van der Waals surface area (Å²) >= 11 is 0. The van der Waals surface area contributed by atoms with E-state index in [1.807, 2.05) is 25.5 Å². The zero-order valence-electron chi connectivity index (χ0n) is 11.5. The SMILES string of the molecule is CCCc1nnc(-c2c(C(=O)O)c(C)n(C)c2C)o1. The Morgan fingerprint density at radius 2 is 2.00 bits per heavy atom. The molecule has 0 saturated carbocycles. The summed E-state index contributed by atoms with van der Waals surface area (Å²) in [6.45, 7) is 5.63. The van der Waals surface area contributed by atoms with E-state index in [9.17, 15) is 9.90 Å². The molecule has 6 heteroatoms. The van der Waals surface area contributed by atoms with Crippen molar-refractivity contribution in [3.8, 4) is 11.5 Å². The fourth-order valence-corrected chi connectivity index (χ4v) is 2.14.